The fourth-order valence-corrected chi connectivity index (χ4v) is 3.28. The average Bonchev–Trinajstić information content (AvgIpc) is 2.87. The molecule has 1 heterocycles. The van der Waals surface area contributed by atoms with Crippen molar-refractivity contribution >= 4 is 47.4 Å². The molecule has 0 radical (unpaired) electrons. The molecule has 0 aromatic heterocycles. The van der Waals surface area contributed by atoms with Crippen molar-refractivity contribution in [1.29, 1.82) is 0 Å². The van der Waals surface area contributed by atoms with Crippen LogP contribution in [0.1, 0.15) is 20.3 Å². The molecule has 1 fully saturated rings. The van der Waals surface area contributed by atoms with E-state index in [9.17, 15) is 4.79 Å². The Morgan fingerprint density at radius 3 is 2.85 bits per heavy atom. The van der Waals surface area contributed by atoms with E-state index in [2.05, 4.69) is 24.5 Å². The van der Waals surface area contributed by atoms with Crippen LogP contribution in [0.5, 0.6) is 0 Å². The van der Waals surface area contributed by atoms with Gasteiger partial charge < -0.3 is 10.6 Å². The number of anilines is 1. The summed E-state index contributed by atoms with van der Waals surface area (Å²) in [7, 11) is 0. The fraction of sp³-hybridized carbons (Fsp3) is 0.500. The maximum atomic E-state index is 12.2. The fourth-order valence-electron chi connectivity index (χ4n) is 2.08. The molecule has 1 aliphatic heterocycles. The molecule has 1 saturated heterocycles. The second kappa shape index (κ2) is 8.13. The lowest BCUT2D eigenvalue weighted by molar-refractivity contribution is -0.119. The van der Waals surface area contributed by atoms with Gasteiger partial charge in [-0.25, -0.2) is 0 Å². The largest absolute Gasteiger partial charge is 0.325 e. The number of hydrogen-bond acceptors (Lipinski definition) is 3. The summed E-state index contributed by atoms with van der Waals surface area (Å²) in [5, 5.41) is 7.34. The number of carbonyl (C=O) groups is 1. The number of rotatable bonds is 4. The van der Waals surface area contributed by atoms with Crippen molar-refractivity contribution in [1.82, 2.24) is 5.32 Å². The van der Waals surface area contributed by atoms with E-state index in [4.69, 9.17) is 11.6 Å². The van der Waals surface area contributed by atoms with Gasteiger partial charge in [-0.15, -0.1) is 24.2 Å². The lowest BCUT2D eigenvalue weighted by Crippen LogP contribution is -2.24. The molecule has 112 valence electrons. The Labute approximate surface area is 135 Å². The van der Waals surface area contributed by atoms with Gasteiger partial charge in [0.2, 0.25) is 5.91 Å². The van der Waals surface area contributed by atoms with Crippen LogP contribution in [0.15, 0.2) is 23.1 Å². The summed E-state index contributed by atoms with van der Waals surface area (Å²) in [6.45, 7) is 5.90. The summed E-state index contributed by atoms with van der Waals surface area (Å²) in [6, 6.07) is 5.64. The number of thioether (sulfide) groups is 1. The monoisotopic (exact) mass is 334 g/mol. The van der Waals surface area contributed by atoms with Gasteiger partial charge in [0.1, 0.15) is 0 Å². The molecular formula is C14H20Cl2N2OS. The molecule has 1 aromatic carbocycles. The smallest absolute Gasteiger partial charge is 0.228 e. The third-order valence-corrected chi connectivity index (χ3v) is 4.58. The van der Waals surface area contributed by atoms with Crippen molar-refractivity contribution in [2.24, 2.45) is 5.92 Å². The molecule has 0 saturated carbocycles. The zero-order chi connectivity index (χ0) is 13.8. The molecule has 20 heavy (non-hydrogen) atoms. The van der Waals surface area contributed by atoms with E-state index in [0.29, 0.717) is 10.3 Å². The Balaban J connectivity index is 0.00000200. The van der Waals surface area contributed by atoms with Crippen LogP contribution in [0.4, 0.5) is 5.69 Å². The van der Waals surface area contributed by atoms with Gasteiger partial charge >= 0.3 is 0 Å². The molecule has 1 aliphatic rings. The summed E-state index contributed by atoms with van der Waals surface area (Å²) < 4.78 is 0. The Hall–Kier alpha value is -0.420. The predicted molar refractivity (Wildman–Crippen MR) is 89.3 cm³/mol. The first kappa shape index (κ1) is 17.6. The summed E-state index contributed by atoms with van der Waals surface area (Å²) in [6.07, 6.45) is 0.902. The van der Waals surface area contributed by atoms with Crippen molar-refractivity contribution in [2.45, 2.75) is 30.4 Å². The SMILES string of the molecule is CC(C)Sc1c(Cl)cccc1NC(=O)C1CCNC1.Cl. The molecule has 0 spiro atoms. The molecule has 3 nitrogen and oxygen atoms in total. The minimum absolute atomic E-state index is 0. The quantitative estimate of drug-likeness (QED) is 0.822. The highest BCUT2D eigenvalue weighted by Crippen LogP contribution is 2.36. The van der Waals surface area contributed by atoms with Crippen molar-refractivity contribution in [2.75, 3.05) is 18.4 Å². The summed E-state index contributed by atoms with van der Waals surface area (Å²) >= 11 is 7.91. The number of benzene rings is 1. The van der Waals surface area contributed by atoms with Gasteiger partial charge in [-0.1, -0.05) is 31.5 Å². The van der Waals surface area contributed by atoms with E-state index in [1.165, 1.54) is 0 Å². The van der Waals surface area contributed by atoms with Gasteiger partial charge in [-0.2, -0.15) is 0 Å². The first-order valence-electron chi connectivity index (χ1n) is 6.54. The molecule has 2 N–H and O–H groups in total. The maximum Gasteiger partial charge on any atom is 0.228 e. The Kier molecular flexibility index (Phi) is 7.17. The first-order chi connectivity index (χ1) is 9.08. The van der Waals surface area contributed by atoms with Crippen molar-refractivity contribution < 1.29 is 4.79 Å². The molecule has 1 aromatic rings. The summed E-state index contributed by atoms with van der Waals surface area (Å²) in [4.78, 5) is 13.1. The van der Waals surface area contributed by atoms with Gasteiger partial charge in [0.15, 0.2) is 0 Å². The number of carbonyl (C=O) groups excluding carboxylic acids is 1. The minimum Gasteiger partial charge on any atom is -0.325 e. The number of hydrogen-bond donors (Lipinski definition) is 2. The van der Waals surface area contributed by atoms with Crippen LogP contribution in [0, 0.1) is 5.92 Å². The van der Waals surface area contributed by atoms with Gasteiger partial charge in [0.05, 0.1) is 16.6 Å². The molecule has 2 rings (SSSR count). The van der Waals surface area contributed by atoms with Crippen LogP contribution in [0.25, 0.3) is 0 Å². The lowest BCUT2D eigenvalue weighted by atomic mass is 10.1. The van der Waals surface area contributed by atoms with Crippen molar-refractivity contribution in [3.63, 3.8) is 0 Å². The van der Waals surface area contributed by atoms with Gasteiger partial charge in [-0.05, 0) is 25.1 Å². The van der Waals surface area contributed by atoms with E-state index < -0.39 is 0 Å². The Morgan fingerprint density at radius 1 is 1.50 bits per heavy atom. The van der Waals surface area contributed by atoms with Gasteiger partial charge in [0, 0.05) is 16.7 Å². The maximum absolute atomic E-state index is 12.2. The molecule has 1 amide bonds. The van der Waals surface area contributed by atoms with Crippen LogP contribution in [0.3, 0.4) is 0 Å². The topological polar surface area (TPSA) is 41.1 Å². The van der Waals surface area contributed by atoms with Crippen molar-refractivity contribution in [3.05, 3.63) is 23.2 Å². The summed E-state index contributed by atoms with van der Waals surface area (Å²) in [5.41, 5.74) is 0.822. The molecular weight excluding hydrogens is 315 g/mol. The number of amides is 1. The number of halogens is 2. The number of nitrogens with one attached hydrogen (secondary N) is 2. The normalized spacial score (nSPS) is 17.9. The van der Waals surface area contributed by atoms with Gasteiger partial charge in [-0.3, -0.25) is 4.79 Å². The second-order valence-corrected chi connectivity index (χ2v) is 6.96. The molecule has 6 heteroatoms. The third kappa shape index (κ3) is 4.55. The van der Waals surface area contributed by atoms with Crippen LogP contribution in [0.2, 0.25) is 5.02 Å². The van der Waals surface area contributed by atoms with Crippen LogP contribution in [-0.2, 0) is 4.79 Å². The van der Waals surface area contributed by atoms with E-state index in [-0.39, 0.29) is 24.2 Å². The first-order valence-corrected chi connectivity index (χ1v) is 7.80. The lowest BCUT2D eigenvalue weighted by Gasteiger charge is -2.15. The predicted octanol–water partition coefficient (Wildman–Crippen LogP) is 3.81. The Bertz CT molecular complexity index is 462. The minimum atomic E-state index is 0. The van der Waals surface area contributed by atoms with E-state index in [1.54, 1.807) is 11.8 Å². The second-order valence-electron chi connectivity index (χ2n) is 4.96. The highest BCUT2D eigenvalue weighted by Gasteiger charge is 2.23. The van der Waals surface area contributed by atoms with Crippen LogP contribution in [-0.4, -0.2) is 24.2 Å². The van der Waals surface area contributed by atoms with Gasteiger partial charge in [0.25, 0.3) is 0 Å². The highest BCUT2D eigenvalue weighted by atomic mass is 35.5. The zero-order valence-corrected chi connectivity index (χ0v) is 14.0. The van der Waals surface area contributed by atoms with Crippen LogP contribution < -0.4 is 10.6 Å². The van der Waals surface area contributed by atoms with E-state index in [0.717, 1.165) is 30.1 Å². The van der Waals surface area contributed by atoms with E-state index in [1.807, 2.05) is 18.2 Å². The van der Waals surface area contributed by atoms with Crippen molar-refractivity contribution in [3.8, 4) is 0 Å². The zero-order valence-electron chi connectivity index (χ0n) is 11.6. The third-order valence-electron chi connectivity index (χ3n) is 3.01. The summed E-state index contributed by atoms with van der Waals surface area (Å²) in [5.74, 6) is 0.147. The van der Waals surface area contributed by atoms with E-state index >= 15 is 0 Å². The highest BCUT2D eigenvalue weighted by molar-refractivity contribution is 8.00. The molecule has 1 unspecified atom stereocenters. The molecule has 1 atom stereocenters. The van der Waals surface area contributed by atoms with Crippen LogP contribution >= 0.6 is 35.8 Å². The molecule has 0 bridgehead atoms. The molecule has 0 aliphatic carbocycles. The Morgan fingerprint density at radius 2 is 2.25 bits per heavy atom. The average molecular weight is 335 g/mol. The standard InChI is InChI=1S/C14H19ClN2OS.ClH/c1-9(2)19-13-11(15)4-3-5-12(13)17-14(18)10-6-7-16-8-10;/h3-5,9-10,16H,6-8H2,1-2H3,(H,17,18);1H.